The Labute approximate surface area is 201 Å². The molecule has 0 bridgehead atoms. The fraction of sp³-hybridized carbons (Fsp3) is 0.280. The molecule has 5 aromatic rings. The maximum Gasteiger partial charge on any atom is 0.199 e. The Balaban J connectivity index is 1.68. The van der Waals surface area contributed by atoms with Crippen molar-refractivity contribution in [2.75, 3.05) is 24.6 Å². The predicted molar refractivity (Wildman–Crippen MR) is 135 cm³/mol. The zero-order chi connectivity index (χ0) is 23.2. The van der Waals surface area contributed by atoms with Gasteiger partial charge in [-0.1, -0.05) is 30.3 Å². The lowest BCUT2D eigenvalue weighted by Gasteiger charge is -2.20. The largest absolute Gasteiger partial charge is 0.396 e. The Bertz CT molecular complexity index is 1470. The van der Waals surface area contributed by atoms with Crippen LogP contribution in [0.3, 0.4) is 0 Å². The van der Waals surface area contributed by atoms with Gasteiger partial charge in [-0.2, -0.15) is 5.10 Å². The highest BCUT2D eigenvalue weighted by Gasteiger charge is 2.30. The van der Waals surface area contributed by atoms with Crippen LogP contribution in [0.1, 0.15) is 6.42 Å². The van der Waals surface area contributed by atoms with Gasteiger partial charge in [0.2, 0.25) is 0 Å². The van der Waals surface area contributed by atoms with Gasteiger partial charge in [0.05, 0.1) is 16.0 Å². The van der Waals surface area contributed by atoms with E-state index in [0.29, 0.717) is 5.82 Å². The number of imidazole rings is 1. The summed E-state index contributed by atoms with van der Waals surface area (Å²) in [6.07, 6.45) is 6.45. The van der Waals surface area contributed by atoms with Gasteiger partial charge in [0.15, 0.2) is 11.6 Å². The Kier molecular flexibility index (Phi) is 5.15. The molecule has 0 saturated carbocycles. The van der Waals surface area contributed by atoms with Crippen LogP contribution in [0, 0.1) is 5.92 Å². The van der Waals surface area contributed by atoms with Crippen LogP contribution in [0.4, 0.5) is 5.82 Å². The third-order valence-electron chi connectivity index (χ3n) is 6.51. The molecule has 1 fully saturated rings. The summed E-state index contributed by atoms with van der Waals surface area (Å²) >= 11 is 1.66. The molecule has 1 N–H and O–H groups in total. The summed E-state index contributed by atoms with van der Waals surface area (Å²) in [6, 6.07) is 12.5. The SMILES string of the molecule is Cn1ccnc1-c1nc(N2CCC(CO)C2)c2c(-c3ccccc3)c(-c3ccnn3C)sc2n1. The summed E-state index contributed by atoms with van der Waals surface area (Å²) in [7, 11) is 3.92. The van der Waals surface area contributed by atoms with Crippen LogP contribution in [0.15, 0.2) is 55.0 Å². The fourth-order valence-corrected chi connectivity index (χ4v) is 5.97. The Morgan fingerprint density at radius 2 is 1.94 bits per heavy atom. The van der Waals surface area contributed by atoms with Crippen molar-refractivity contribution in [1.29, 1.82) is 0 Å². The van der Waals surface area contributed by atoms with Crippen LogP contribution in [-0.4, -0.2) is 54.1 Å². The summed E-state index contributed by atoms with van der Waals surface area (Å²) in [6.45, 7) is 1.81. The van der Waals surface area contributed by atoms with Crippen LogP contribution < -0.4 is 4.90 Å². The van der Waals surface area contributed by atoms with E-state index in [1.165, 1.54) is 0 Å². The highest BCUT2D eigenvalue weighted by atomic mass is 32.1. The zero-order valence-corrected chi connectivity index (χ0v) is 19.9. The first-order chi connectivity index (χ1) is 16.6. The average molecular weight is 472 g/mol. The number of aliphatic hydroxyl groups excluding tert-OH is 1. The highest BCUT2D eigenvalue weighted by molar-refractivity contribution is 7.22. The third kappa shape index (κ3) is 3.39. The standard InChI is InChI=1S/C25H25N7OS/c1-30-13-11-26-24(30)22-28-23(32-12-9-16(14-32)15-33)20-19(17-6-4-3-5-7-17)21(34-25(20)29-22)18-8-10-27-31(18)2/h3-8,10-11,13,16,33H,9,12,14-15H2,1-2H3. The number of fused-ring (bicyclic) bond motifs is 1. The smallest absolute Gasteiger partial charge is 0.199 e. The molecule has 4 aromatic heterocycles. The summed E-state index contributed by atoms with van der Waals surface area (Å²) in [5, 5.41) is 15.3. The normalized spacial score (nSPS) is 16.1. The first-order valence-corrected chi connectivity index (χ1v) is 12.2. The number of benzene rings is 1. The number of aryl methyl sites for hydroxylation is 2. The maximum absolute atomic E-state index is 9.80. The van der Waals surface area contributed by atoms with Crippen LogP contribution in [-0.2, 0) is 14.1 Å². The number of hydrogen-bond donors (Lipinski definition) is 1. The van der Waals surface area contributed by atoms with Gasteiger partial charge in [-0.3, -0.25) is 4.68 Å². The molecule has 0 aliphatic carbocycles. The number of nitrogens with zero attached hydrogens (tertiary/aromatic N) is 7. The Morgan fingerprint density at radius 3 is 2.62 bits per heavy atom. The molecule has 0 amide bonds. The van der Waals surface area contributed by atoms with Crippen molar-refractivity contribution < 1.29 is 5.11 Å². The van der Waals surface area contributed by atoms with E-state index in [2.05, 4.69) is 39.2 Å². The third-order valence-corrected chi connectivity index (χ3v) is 7.62. The second kappa shape index (κ2) is 8.34. The molecule has 8 nitrogen and oxygen atoms in total. The predicted octanol–water partition coefficient (Wildman–Crippen LogP) is 3.98. The first kappa shape index (κ1) is 21.0. The first-order valence-electron chi connectivity index (χ1n) is 11.4. The van der Waals surface area contributed by atoms with E-state index in [4.69, 9.17) is 9.97 Å². The van der Waals surface area contributed by atoms with Crippen molar-refractivity contribution in [3.05, 3.63) is 55.0 Å². The summed E-state index contributed by atoms with van der Waals surface area (Å²) < 4.78 is 3.85. The topological polar surface area (TPSA) is 84.9 Å². The molecule has 34 heavy (non-hydrogen) atoms. The second-order valence-electron chi connectivity index (χ2n) is 8.71. The number of aliphatic hydroxyl groups is 1. The number of hydrogen-bond acceptors (Lipinski definition) is 7. The number of aromatic nitrogens is 6. The van der Waals surface area contributed by atoms with Gasteiger partial charge >= 0.3 is 0 Å². The second-order valence-corrected chi connectivity index (χ2v) is 9.71. The van der Waals surface area contributed by atoms with E-state index in [-0.39, 0.29) is 12.5 Å². The zero-order valence-electron chi connectivity index (χ0n) is 19.1. The van der Waals surface area contributed by atoms with Crippen molar-refractivity contribution in [3.63, 3.8) is 0 Å². The van der Waals surface area contributed by atoms with Gasteiger partial charge in [-0.25, -0.2) is 15.0 Å². The van der Waals surface area contributed by atoms with E-state index >= 15 is 0 Å². The van der Waals surface area contributed by atoms with Gasteiger partial charge in [-0.15, -0.1) is 11.3 Å². The lowest BCUT2D eigenvalue weighted by atomic mass is 10.0. The average Bonchev–Trinajstić information content (AvgIpc) is 3.64. The lowest BCUT2D eigenvalue weighted by Crippen LogP contribution is -2.22. The molecule has 0 radical (unpaired) electrons. The molecule has 6 rings (SSSR count). The molecule has 172 valence electrons. The fourth-order valence-electron chi connectivity index (χ4n) is 4.72. The molecule has 1 aliphatic heterocycles. The number of thiophene rings is 1. The molecule has 0 spiro atoms. The molecule has 5 heterocycles. The van der Waals surface area contributed by atoms with E-state index in [1.807, 2.05) is 47.9 Å². The van der Waals surface area contributed by atoms with E-state index in [9.17, 15) is 5.11 Å². The molecule has 1 saturated heterocycles. The van der Waals surface area contributed by atoms with Gasteiger partial charge in [0, 0.05) is 63.9 Å². The molecule has 1 aliphatic rings. The molecular weight excluding hydrogens is 446 g/mol. The minimum absolute atomic E-state index is 0.187. The minimum atomic E-state index is 0.187. The van der Waals surface area contributed by atoms with Crippen LogP contribution in [0.25, 0.3) is 43.6 Å². The van der Waals surface area contributed by atoms with Crippen LogP contribution in [0.5, 0.6) is 0 Å². The summed E-state index contributed by atoms with van der Waals surface area (Å²) in [5.74, 6) is 2.50. The lowest BCUT2D eigenvalue weighted by molar-refractivity contribution is 0.238. The van der Waals surface area contributed by atoms with Crippen molar-refractivity contribution in [3.8, 4) is 33.3 Å². The minimum Gasteiger partial charge on any atom is -0.396 e. The van der Waals surface area contributed by atoms with Crippen molar-refractivity contribution >= 4 is 27.4 Å². The van der Waals surface area contributed by atoms with E-state index in [1.54, 1.807) is 17.5 Å². The van der Waals surface area contributed by atoms with Crippen LogP contribution in [0.2, 0.25) is 0 Å². The molecule has 1 aromatic carbocycles. The van der Waals surface area contributed by atoms with E-state index in [0.717, 1.165) is 63.1 Å². The molecule has 1 atom stereocenters. The van der Waals surface area contributed by atoms with Crippen molar-refractivity contribution in [1.82, 2.24) is 29.3 Å². The molecule has 9 heteroatoms. The maximum atomic E-state index is 9.80. The molecule has 1 unspecified atom stereocenters. The van der Waals surface area contributed by atoms with Crippen molar-refractivity contribution in [2.24, 2.45) is 20.0 Å². The van der Waals surface area contributed by atoms with E-state index < -0.39 is 0 Å². The number of rotatable bonds is 5. The van der Waals surface area contributed by atoms with Gasteiger partial charge < -0.3 is 14.6 Å². The quantitative estimate of drug-likeness (QED) is 0.417. The van der Waals surface area contributed by atoms with Gasteiger partial charge in [0.25, 0.3) is 0 Å². The van der Waals surface area contributed by atoms with Crippen molar-refractivity contribution in [2.45, 2.75) is 6.42 Å². The summed E-state index contributed by atoms with van der Waals surface area (Å²) in [5.41, 5.74) is 3.29. The Hall–Kier alpha value is -3.56. The van der Waals surface area contributed by atoms with Gasteiger partial charge in [-0.05, 0) is 18.1 Å². The monoisotopic (exact) mass is 471 g/mol. The summed E-state index contributed by atoms with van der Waals surface area (Å²) in [4.78, 5) is 19.0. The van der Waals surface area contributed by atoms with Gasteiger partial charge in [0.1, 0.15) is 10.6 Å². The molecular formula is C25H25N7OS. The number of anilines is 1. The Morgan fingerprint density at radius 1 is 1.09 bits per heavy atom. The highest BCUT2D eigenvalue weighted by Crippen LogP contribution is 2.48. The van der Waals surface area contributed by atoms with Crippen LogP contribution >= 0.6 is 11.3 Å².